The molecule has 0 amide bonds. The zero-order valence-electron chi connectivity index (χ0n) is 13.4. The molecule has 2 heterocycles. The van der Waals surface area contributed by atoms with E-state index in [2.05, 4.69) is 15.2 Å². The summed E-state index contributed by atoms with van der Waals surface area (Å²) in [5.41, 5.74) is 3.25. The van der Waals surface area contributed by atoms with Crippen molar-refractivity contribution in [1.29, 1.82) is 0 Å². The third-order valence-corrected chi connectivity index (χ3v) is 6.22. The van der Waals surface area contributed by atoms with Crippen LogP contribution in [0.1, 0.15) is 17.0 Å². The van der Waals surface area contributed by atoms with Gasteiger partial charge in [-0.25, -0.2) is 12.7 Å². The van der Waals surface area contributed by atoms with Crippen LogP contribution >= 0.6 is 0 Å². The first-order valence-electron chi connectivity index (χ1n) is 7.44. The molecule has 0 saturated carbocycles. The van der Waals surface area contributed by atoms with E-state index >= 15 is 0 Å². The Morgan fingerprint density at radius 3 is 2.65 bits per heavy atom. The number of aromatic nitrogens is 3. The van der Waals surface area contributed by atoms with Gasteiger partial charge >= 0.3 is 0 Å². The van der Waals surface area contributed by atoms with Crippen molar-refractivity contribution in [3.8, 4) is 0 Å². The summed E-state index contributed by atoms with van der Waals surface area (Å²) in [5, 5.41) is 7.84. The molecule has 122 valence electrons. The predicted molar refractivity (Wildman–Crippen MR) is 89.9 cm³/mol. The van der Waals surface area contributed by atoms with Crippen LogP contribution in [0, 0.1) is 13.8 Å². The van der Waals surface area contributed by atoms with Gasteiger partial charge in [-0.05, 0) is 31.9 Å². The fraction of sp³-hybridized carbons (Fsp3) is 0.312. The van der Waals surface area contributed by atoms with Crippen LogP contribution in [-0.2, 0) is 16.4 Å². The molecule has 2 N–H and O–H groups in total. The van der Waals surface area contributed by atoms with E-state index in [0.29, 0.717) is 24.4 Å². The molecule has 0 saturated heterocycles. The Balaban J connectivity index is 1.80. The lowest BCUT2D eigenvalue weighted by atomic mass is 10.1. The summed E-state index contributed by atoms with van der Waals surface area (Å²) in [5.74, 6) is 0. The molecule has 0 aliphatic rings. The Bertz CT molecular complexity index is 921. The molecule has 6 nitrogen and oxygen atoms in total. The summed E-state index contributed by atoms with van der Waals surface area (Å²) in [7, 11) is -1.93. The number of nitrogens with zero attached hydrogens (tertiary/aromatic N) is 2. The van der Waals surface area contributed by atoms with E-state index in [0.717, 1.165) is 16.5 Å². The number of benzene rings is 1. The molecular weight excluding hydrogens is 312 g/mol. The molecule has 0 bridgehead atoms. The molecule has 23 heavy (non-hydrogen) atoms. The average Bonchev–Trinajstić information content (AvgIpc) is 3.08. The topological polar surface area (TPSA) is 81.8 Å². The van der Waals surface area contributed by atoms with Crippen LogP contribution in [0.3, 0.4) is 0 Å². The Kier molecular flexibility index (Phi) is 3.99. The van der Waals surface area contributed by atoms with E-state index in [4.69, 9.17) is 0 Å². The maximum atomic E-state index is 12.7. The van der Waals surface area contributed by atoms with Crippen LogP contribution in [-0.4, -0.2) is 41.5 Å². The van der Waals surface area contributed by atoms with Gasteiger partial charge in [-0.15, -0.1) is 0 Å². The Morgan fingerprint density at radius 1 is 1.22 bits per heavy atom. The average molecular weight is 332 g/mol. The predicted octanol–water partition coefficient (Wildman–Crippen LogP) is 2.37. The lowest BCUT2D eigenvalue weighted by molar-refractivity contribution is 0.472. The Hall–Kier alpha value is -2.12. The molecule has 2 aromatic heterocycles. The molecule has 3 rings (SSSR count). The molecule has 0 unspecified atom stereocenters. The lowest BCUT2D eigenvalue weighted by Crippen LogP contribution is -2.29. The smallest absolute Gasteiger partial charge is 0.246 e. The van der Waals surface area contributed by atoms with Crippen LogP contribution in [0.4, 0.5) is 0 Å². The van der Waals surface area contributed by atoms with Crippen LogP contribution in [0.25, 0.3) is 10.9 Å². The van der Waals surface area contributed by atoms with Gasteiger partial charge < -0.3 is 4.98 Å². The third-order valence-electron chi connectivity index (χ3n) is 4.10. The summed E-state index contributed by atoms with van der Waals surface area (Å²) in [6.07, 6.45) is 2.59. The Labute approximate surface area is 135 Å². The molecule has 7 heteroatoms. The normalized spacial score (nSPS) is 12.3. The number of likely N-dealkylation sites (N-methyl/N-ethyl adjacent to an activating group) is 1. The number of nitrogens with one attached hydrogen (secondary N) is 2. The molecule has 0 fully saturated rings. The maximum absolute atomic E-state index is 12.7. The molecule has 0 aliphatic heterocycles. The van der Waals surface area contributed by atoms with Crippen molar-refractivity contribution in [1.82, 2.24) is 19.5 Å². The maximum Gasteiger partial charge on any atom is 0.246 e. The first kappa shape index (κ1) is 15.8. The van der Waals surface area contributed by atoms with E-state index in [1.54, 1.807) is 20.9 Å². The number of H-pyrrole nitrogens is 2. The van der Waals surface area contributed by atoms with Crippen molar-refractivity contribution in [3.63, 3.8) is 0 Å². The van der Waals surface area contributed by atoms with E-state index in [9.17, 15) is 8.42 Å². The molecular formula is C16H20N4O2S. The number of para-hydroxylation sites is 1. The number of aryl methyl sites for hydroxylation is 2. The highest BCUT2D eigenvalue weighted by molar-refractivity contribution is 7.89. The summed E-state index contributed by atoms with van der Waals surface area (Å²) in [6, 6.07) is 8.01. The van der Waals surface area contributed by atoms with Crippen LogP contribution < -0.4 is 0 Å². The van der Waals surface area contributed by atoms with Crippen LogP contribution in [0.2, 0.25) is 0 Å². The summed E-state index contributed by atoms with van der Waals surface area (Å²) in [6.45, 7) is 3.83. The third kappa shape index (κ3) is 2.77. The van der Waals surface area contributed by atoms with Gasteiger partial charge in [0.1, 0.15) is 4.90 Å². The minimum atomic E-state index is -3.53. The van der Waals surface area contributed by atoms with E-state index in [-0.39, 0.29) is 4.90 Å². The molecule has 3 aromatic rings. The van der Waals surface area contributed by atoms with Gasteiger partial charge in [-0.3, -0.25) is 5.10 Å². The van der Waals surface area contributed by atoms with Crippen molar-refractivity contribution in [2.75, 3.05) is 13.6 Å². The van der Waals surface area contributed by atoms with E-state index < -0.39 is 10.0 Å². The van der Waals surface area contributed by atoms with Crippen molar-refractivity contribution < 1.29 is 8.42 Å². The fourth-order valence-corrected chi connectivity index (χ4v) is 4.31. The van der Waals surface area contributed by atoms with Crippen molar-refractivity contribution >= 4 is 20.9 Å². The standard InChI is InChI=1S/C16H20N4O2S/c1-11-16(12(2)19-18-11)23(21,22)20(3)9-8-13-10-17-15-7-5-4-6-14(13)15/h4-7,10,17H,8-9H2,1-3H3,(H,18,19). The van der Waals surface area contributed by atoms with Crippen molar-refractivity contribution in [2.45, 2.75) is 25.2 Å². The number of fused-ring (bicyclic) bond motifs is 1. The first-order chi connectivity index (χ1) is 10.9. The molecule has 0 aliphatic carbocycles. The number of aromatic amines is 2. The fourth-order valence-electron chi connectivity index (χ4n) is 2.81. The largest absolute Gasteiger partial charge is 0.361 e. The number of sulfonamides is 1. The van der Waals surface area contributed by atoms with Gasteiger partial charge in [-0.2, -0.15) is 5.10 Å². The second-order valence-corrected chi connectivity index (χ2v) is 7.68. The lowest BCUT2D eigenvalue weighted by Gasteiger charge is -2.17. The summed E-state index contributed by atoms with van der Waals surface area (Å²) in [4.78, 5) is 3.49. The highest BCUT2D eigenvalue weighted by Gasteiger charge is 2.26. The van der Waals surface area contributed by atoms with Gasteiger partial charge in [-0.1, -0.05) is 18.2 Å². The second kappa shape index (κ2) is 5.82. The molecule has 0 spiro atoms. The van der Waals surface area contributed by atoms with E-state index in [1.807, 2.05) is 30.5 Å². The SMILES string of the molecule is Cc1n[nH]c(C)c1S(=O)(=O)N(C)CCc1c[nH]c2ccccc12. The highest BCUT2D eigenvalue weighted by atomic mass is 32.2. The van der Waals surface area contributed by atoms with Gasteiger partial charge in [0.25, 0.3) is 0 Å². The van der Waals surface area contributed by atoms with Crippen LogP contribution in [0.15, 0.2) is 35.4 Å². The zero-order valence-corrected chi connectivity index (χ0v) is 14.2. The van der Waals surface area contributed by atoms with Gasteiger partial charge in [0.2, 0.25) is 10.0 Å². The molecule has 0 atom stereocenters. The summed E-state index contributed by atoms with van der Waals surface area (Å²) < 4.78 is 26.8. The first-order valence-corrected chi connectivity index (χ1v) is 8.88. The van der Waals surface area contributed by atoms with Crippen molar-refractivity contribution in [3.05, 3.63) is 47.4 Å². The number of rotatable bonds is 5. The minimum Gasteiger partial charge on any atom is -0.361 e. The van der Waals surface area contributed by atoms with Crippen molar-refractivity contribution in [2.24, 2.45) is 0 Å². The second-order valence-electron chi connectivity index (χ2n) is 5.70. The van der Waals surface area contributed by atoms with E-state index in [1.165, 1.54) is 4.31 Å². The minimum absolute atomic E-state index is 0.277. The number of hydrogen-bond acceptors (Lipinski definition) is 3. The highest BCUT2D eigenvalue weighted by Crippen LogP contribution is 2.22. The monoisotopic (exact) mass is 332 g/mol. The summed E-state index contributed by atoms with van der Waals surface area (Å²) >= 11 is 0. The number of hydrogen-bond donors (Lipinski definition) is 2. The van der Waals surface area contributed by atoms with Gasteiger partial charge in [0.05, 0.1) is 11.4 Å². The Morgan fingerprint density at radius 2 is 1.96 bits per heavy atom. The molecule has 1 aromatic carbocycles. The molecule has 0 radical (unpaired) electrons. The van der Waals surface area contributed by atoms with Gasteiger partial charge in [0, 0.05) is 30.7 Å². The quantitative estimate of drug-likeness (QED) is 0.752. The zero-order chi connectivity index (χ0) is 16.6. The van der Waals surface area contributed by atoms with Crippen LogP contribution in [0.5, 0.6) is 0 Å². The van der Waals surface area contributed by atoms with Gasteiger partial charge in [0.15, 0.2) is 0 Å².